The van der Waals surface area contributed by atoms with Crippen molar-refractivity contribution in [3.63, 3.8) is 0 Å². The van der Waals surface area contributed by atoms with Gasteiger partial charge in [-0.25, -0.2) is 9.78 Å². The molecule has 0 unspecified atom stereocenters. The van der Waals surface area contributed by atoms with Crippen molar-refractivity contribution in [3.05, 3.63) is 12.4 Å². The first kappa shape index (κ1) is 36.0. The zero-order valence-electron chi connectivity index (χ0n) is 26.9. The molecule has 1 aliphatic heterocycles. The maximum atomic E-state index is 14.0. The first-order valence-electron chi connectivity index (χ1n) is 16.6. The normalized spacial score (nSPS) is 19.4. The number of imidazole rings is 1. The Morgan fingerprint density at radius 1 is 1.00 bits per heavy atom. The molecule has 3 atom stereocenters. The summed E-state index contributed by atoms with van der Waals surface area (Å²) in [4.78, 5) is 36.8. The number of halogens is 1. The number of hydrogen-bond donors (Lipinski definition) is 1. The molecular weight excluding hydrogens is 581 g/mol. The van der Waals surface area contributed by atoms with Gasteiger partial charge >= 0.3 is 18.2 Å². The molecule has 1 aliphatic rings. The molecule has 0 radical (unpaired) electrons. The molecule has 3 heterocycles. The Bertz CT molecular complexity index is 1250. The molecule has 0 aliphatic carbocycles. The van der Waals surface area contributed by atoms with Crippen molar-refractivity contribution in [2.45, 2.75) is 141 Å². The standard InChI is InChI=1S/C33H50FN5O6/c1-4-7-9-11-12-13-14-15-16-17-18-20-27(40)44-25-22-26(39-24-36-28-29(35)37-31(34)38-30(28)39)45-33(25,6-3)23-43-32(41)42-21-19-10-8-5-2/h3,24-26H,4-5,7-23H2,1-2H3,(H2,35,37,38)/t25-,26+,33+/m0/s1. The van der Waals surface area contributed by atoms with Crippen molar-refractivity contribution in [2.24, 2.45) is 0 Å². The maximum Gasteiger partial charge on any atom is 0.508 e. The van der Waals surface area contributed by atoms with Gasteiger partial charge < -0.3 is 24.7 Å². The lowest BCUT2D eigenvalue weighted by molar-refractivity contribution is -0.159. The van der Waals surface area contributed by atoms with Crippen LogP contribution < -0.4 is 5.73 Å². The van der Waals surface area contributed by atoms with Crippen LogP contribution in [-0.2, 0) is 23.7 Å². The van der Waals surface area contributed by atoms with Crippen molar-refractivity contribution >= 4 is 29.1 Å². The highest BCUT2D eigenvalue weighted by Crippen LogP contribution is 2.40. The minimum Gasteiger partial charge on any atom is -0.458 e. The summed E-state index contributed by atoms with van der Waals surface area (Å²) >= 11 is 0. The fourth-order valence-electron chi connectivity index (χ4n) is 5.51. The number of nitrogen functional groups attached to an aromatic ring is 1. The number of carbonyl (C=O) groups is 2. The third-order valence-corrected chi connectivity index (χ3v) is 8.14. The van der Waals surface area contributed by atoms with Crippen LogP contribution in [0, 0.1) is 18.4 Å². The number of anilines is 1. The topological polar surface area (TPSA) is 141 Å². The molecule has 250 valence electrons. The Kier molecular flexibility index (Phi) is 15.3. The van der Waals surface area contributed by atoms with E-state index in [1.54, 1.807) is 0 Å². The molecule has 1 saturated heterocycles. The van der Waals surface area contributed by atoms with Crippen LogP contribution in [0.25, 0.3) is 11.2 Å². The van der Waals surface area contributed by atoms with Gasteiger partial charge in [-0.1, -0.05) is 103 Å². The van der Waals surface area contributed by atoms with E-state index in [0.29, 0.717) is 6.42 Å². The quantitative estimate of drug-likeness (QED) is 0.0651. The van der Waals surface area contributed by atoms with Crippen molar-refractivity contribution in [2.75, 3.05) is 18.9 Å². The molecule has 0 aromatic carbocycles. The Balaban J connectivity index is 1.58. The first-order chi connectivity index (χ1) is 21.8. The molecule has 12 heteroatoms. The number of fused-ring (bicyclic) bond motifs is 1. The minimum absolute atomic E-state index is 0.0839. The molecule has 11 nitrogen and oxygen atoms in total. The van der Waals surface area contributed by atoms with E-state index in [4.69, 9.17) is 31.1 Å². The van der Waals surface area contributed by atoms with Gasteiger partial charge in [0.2, 0.25) is 5.60 Å². The highest BCUT2D eigenvalue weighted by atomic mass is 19.1. The predicted molar refractivity (Wildman–Crippen MR) is 168 cm³/mol. The summed E-state index contributed by atoms with van der Waals surface area (Å²) in [6, 6.07) is 0. The third kappa shape index (κ3) is 11.1. The summed E-state index contributed by atoms with van der Waals surface area (Å²) in [6.07, 6.45) is 20.4. The number of esters is 1. The van der Waals surface area contributed by atoms with Gasteiger partial charge in [0.1, 0.15) is 18.9 Å². The number of ether oxygens (including phenoxy) is 4. The van der Waals surface area contributed by atoms with Crippen LogP contribution >= 0.6 is 0 Å². The second-order valence-corrected chi connectivity index (χ2v) is 11.8. The second kappa shape index (κ2) is 19.1. The molecule has 2 N–H and O–H groups in total. The van der Waals surface area contributed by atoms with Gasteiger partial charge in [-0.2, -0.15) is 14.4 Å². The molecule has 2 aromatic heterocycles. The number of hydrogen-bond acceptors (Lipinski definition) is 10. The lowest BCUT2D eigenvalue weighted by Crippen LogP contribution is -2.45. The van der Waals surface area contributed by atoms with Gasteiger partial charge in [0.25, 0.3) is 0 Å². The van der Waals surface area contributed by atoms with Crippen LogP contribution in [-0.4, -0.2) is 56.6 Å². The van der Waals surface area contributed by atoms with Crippen molar-refractivity contribution in [1.82, 2.24) is 19.5 Å². The van der Waals surface area contributed by atoms with E-state index in [-0.39, 0.29) is 36.4 Å². The molecule has 1 fully saturated rings. The Hall–Kier alpha value is -3.46. The smallest absolute Gasteiger partial charge is 0.458 e. The molecule has 45 heavy (non-hydrogen) atoms. The van der Waals surface area contributed by atoms with E-state index in [1.807, 2.05) is 0 Å². The number of aromatic nitrogens is 4. The summed E-state index contributed by atoms with van der Waals surface area (Å²) in [6.45, 7) is 4.12. The van der Waals surface area contributed by atoms with Crippen LogP contribution in [0.3, 0.4) is 0 Å². The highest BCUT2D eigenvalue weighted by Gasteiger charge is 2.52. The van der Waals surface area contributed by atoms with E-state index < -0.39 is 42.7 Å². The number of nitrogens with two attached hydrogens (primary N) is 1. The average Bonchev–Trinajstić information content (AvgIpc) is 3.60. The largest absolute Gasteiger partial charge is 0.508 e. The first-order valence-corrected chi connectivity index (χ1v) is 16.6. The van der Waals surface area contributed by atoms with Crippen LogP contribution in [0.15, 0.2) is 6.33 Å². The van der Waals surface area contributed by atoms with Crippen molar-refractivity contribution < 1.29 is 32.9 Å². The van der Waals surface area contributed by atoms with E-state index >= 15 is 0 Å². The van der Waals surface area contributed by atoms with Crippen LogP contribution in [0.4, 0.5) is 15.0 Å². The van der Waals surface area contributed by atoms with Crippen molar-refractivity contribution in [1.29, 1.82) is 0 Å². The monoisotopic (exact) mass is 631 g/mol. The molecular formula is C33H50FN5O6. The van der Waals surface area contributed by atoms with Gasteiger partial charge in [-0.05, 0) is 12.8 Å². The molecule has 3 rings (SSSR count). The third-order valence-electron chi connectivity index (χ3n) is 8.14. The Morgan fingerprint density at radius 2 is 1.62 bits per heavy atom. The molecule has 0 spiro atoms. The lowest BCUT2D eigenvalue weighted by Gasteiger charge is -2.28. The van der Waals surface area contributed by atoms with Crippen LogP contribution in [0.2, 0.25) is 0 Å². The summed E-state index contributed by atoms with van der Waals surface area (Å²) in [5, 5.41) is 0. The minimum atomic E-state index is -1.62. The highest BCUT2D eigenvalue weighted by molar-refractivity contribution is 5.81. The summed E-state index contributed by atoms with van der Waals surface area (Å²) in [7, 11) is 0. The van der Waals surface area contributed by atoms with E-state index in [1.165, 1.54) is 55.8 Å². The van der Waals surface area contributed by atoms with E-state index in [0.717, 1.165) is 44.9 Å². The Morgan fingerprint density at radius 3 is 2.27 bits per heavy atom. The van der Waals surface area contributed by atoms with Gasteiger partial charge in [-0.3, -0.25) is 9.36 Å². The number of rotatable bonds is 21. The zero-order chi connectivity index (χ0) is 32.5. The summed E-state index contributed by atoms with van der Waals surface area (Å²) in [5.74, 6) is 2.00. The van der Waals surface area contributed by atoms with Gasteiger partial charge in [-0.15, -0.1) is 6.42 Å². The van der Waals surface area contributed by atoms with Gasteiger partial charge in [0, 0.05) is 12.8 Å². The van der Waals surface area contributed by atoms with E-state index in [2.05, 4.69) is 34.7 Å². The fraction of sp³-hybridized carbons (Fsp3) is 0.727. The maximum absolute atomic E-state index is 14.0. The van der Waals surface area contributed by atoms with Crippen LogP contribution in [0.1, 0.15) is 129 Å². The lowest BCUT2D eigenvalue weighted by atomic mass is 9.98. The summed E-state index contributed by atoms with van der Waals surface area (Å²) in [5.41, 5.74) is 4.48. The number of terminal acetylenes is 1. The molecule has 2 aromatic rings. The average molecular weight is 632 g/mol. The molecule has 0 saturated carbocycles. The second-order valence-electron chi connectivity index (χ2n) is 11.8. The van der Waals surface area contributed by atoms with E-state index in [9.17, 15) is 14.0 Å². The molecule has 0 bridgehead atoms. The molecule has 0 amide bonds. The van der Waals surface area contributed by atoms with Crippen LogP contribution in [0.5, 0.6) is 0 Å². The summed E-state index contributed by atoms with van der Waals surface area (Å²) < 4.78 is 38.1. The number of nitrogens with zero attached hydrogens (tertiary/aromatic N) is 4. The SMILES string of the molecule is C#C[C@]1(COC(=O)OCCCCCC)O[C@@H](n2cnc3c(N)nc(F)nc32)C[C@@H]1OC(=O)CCCCCCCCCCCCC. The predicted octanol–water partition coefficient (Wildman–Crippen LogP) is 7.18. The number of carbonyl (C=O) groups excluding carboxylic acids is 2. The fourth-order valence-corrected chi connectivity index (χ4v) is 5.51. The Labute approximate surface area is 266 Å². The van der Waals surface area contributed by atoms with Gasteiger partial charge in [0.05, 0.1) is 12.9 Å². The number of unbranched alkanes of at least 4 members (excludes halogenated alkanes) is 13. The van der Waals surface area contributed by atoms with Crippen molar-refractivity contribution in [3.8, 4) is 12.3 Å². The van der Waals surface area contributed by atoms with Gasteiger partial charge in [0.15, 0.2) is 17.0 Å². The zero-order valence-corrected chi connectivity index (χ0v) is 26.9.